The Bertz CT molecular complexity index is 891. The summed E-state index contributed by atoms with van der Waals surface area (Å²) >= 11 is 0. The second-order valence-corrected chi connectivity index (χ2v) is 5.70. The Kier molecular flexibility index (Phi) is 4.30. The maximum Gasteiger partial charge on any atom is 0.338 e. The molecule has 0 aliphatic carbocycles. The van der Waals surface area contributed by atoms with Crippen molar-refractivity contribution in [2.75, 3.05) is 13.7 Å². The van der Waals surface area contributed by atoms with E-state index in [1.807, 2.05) is 30.3 Å². The third-order valence-corrected chi connectivity index (χ3v) is 4.38. The zero-order valence-electron chi connectivity index (χ0n) is 14.4. The predicted octanol–water partition coefficient (Wildman–Crippen LogP) is 4.34. The minimum atomic E-state index is -0.291. The minimum Gasteiger partial charge on any atom is -0.497 e. The quantitative estimate of drug-likeness (QED) is 0.671. The van der Waals surface area contributed by atoms with Gasteiger partial charge >= 0.3 is 5.97 Å². The number of carbonyl (C=O) groups is 1. The highest BCUT2D eigenvalue weighted by molar-refractivity contribution is 5.99. The van der Waals surface area contributed by atoms with E-state index in [0.29, 0.717) is 12.2 Å². The van der Waals surface area contributed by atoms with Crippen molar-refractivity contribution in [3.8, 4) is 16.9 Å². The molecular formula is C20H21NO3. The summed E-state index contributed by atoms with van der Waals surface area (Å²) < 4.78 is 12.6. The van der Waals surface area contributed by atoms with Crippen molar-refractivity contribution in [2.45, 2.75) is 13.8 Å². The van der Waals surface area contributed by atoms with E-state index in [4.69, 9.17) is 9.47 Å². The van der Waals surface area contributed by atoms with Crippen molar-refractivity contribution < 1.29 is 14.3 Å². The SMILES string of the molecule is CCOC(=O)c1ccc(-c2c(C)n(C)c3ccc(OC)cc23)cc1. The van der Waals surface area contributed by atoms with E-state index in [1.54, 1.807) is 14.0 Å². The third-order valence-electron chi connectivity index (χ3n) is 4.38. The molecule has 0 amide bonds. The second kappa shape index (κ2) is 6.40. The fraction of sp³-hybridized carbons (Fsp3) is 0.250. The normalized spacial score (nSPS) is 10.8. The summed E-state index contributed by atoms with van der Waals surface area (Å²) in [6.45, 7) is 4.28. The second-order valence-electron chi connectivity index (χ2n) is 5.70. The molecule has 0 bridgehead atoms. The third kappa shape index (κ3) is 2.64. The summed E-state index contributed by atoms with van der Waals surface area (Å²) in [4.78, 5) is 11.8. The minimum absolute atomic E-state index is 0.291. The first kappa shape index (κ1) is 16.1. The topological polar surface area (TPSA) is 40.5 Å². The molecule has 1 heterocycles. The lowest BCUT2D eigenvalue weighted by atomic mass is 10.0. The van der Waals surface area contributed by atoms with Crippen molar-refractivity contribution in [1.82, 2.24) is 4.57 Å². The highest BCUT2D eigenvalue weighted by atomic mass is 16.5. The number of nitrogens with zero attached hydrogens (tertiary/aromatic N) is 1. The van der Waals surface area contributed by atoms with Crippen LogP contribution in [0.2, 0.25) is 0 Å². The number of rotatable bonds is 4. The molecule has 0 unspecified atom stereocenters. The number of hydrogen-bond donors (Lipinski definition) is 0. The maximum atomic E-state index is 11.8. The number of hydrogen-bond acceptors (Lipinski definition) is 3. The molecule has 0 radical (unpaired) electrons. The Balaban J connectivity index is 2.12. The lowest BCUT2D eigenvalue weighted by Crippen LogP contribution is -2.04. The van der Waals surface area contributed by atoms with Gasteiger partial charge < -0.3 is 14.0 Å². The number of fused-ring (bicyclic) bond motifs is 1. The van der Waals surface area contributed by atoms with Gasteiger partial charge in [-0.1, -0.05) is 12.1 Å². The number of methoxy groups -OCH3 is 1. The Labute approximate surface area is 141 Å². The summed E-state index contributed by atoms with van der Waals surface area (Å²) in [6.07, 6.45) is 0. The number of aromatic nitrogens is 1. The molecule has 4 nitrogen and oxygen atoms in total. The van der Waals surface area contributed by atoms with Crippen LogP contribution in [-0.2, 0) is 11.8 Å². The van der Waals surface area contributed by atoms with Crippen LogP contribution in [0.5, 0.6) is 5.75 Å². The number of aryl methyl sites for hydroxylation is 1. The van der Waals surface area contributed by atoms with E-state index in [1.165, 1.54) is 5.69 Å². The molecule has 2 aromatic carbocycles. The van der Waals surface area contributed by atoms with Gasteiger partial charge in [-0.2, -0.15) is 0 Å². The zero-order chi connectivity index (χ0) is 17.3. The monoisotopic (exact) mass is 323 g/mol. The van der Waals surface area contributed by atoms with E-state index >= 15 is 0 Å². The summed E-state index contributed by atoms with van der Waals surface area (Å²) in [5, 5.41) is 1.14. The standard InChI is InChI=1S/C20H21NO3/c1-5-24-20(22)15-8-6-14(7-9-15)19-13(2)21(3)18-11-10-16(23-4)12-17(18)19/h6-12H,5H2,1-4H3. The Morgan fingerprint density at radius 2 is 1.83 bits per heavy atom. The Hall–Kier alpha value is -2.75. The molecule has 0 atom stereocenters. The van der Waals surface area contributed by atoms with Gasteiger partial charge in [-0.25, -0.2) is 4.79 Å². The average Bonchev–Trinajstić information content (AvgIpc) is 2.85. The smallest absolute Gasteiger partial charge is 0.338 e. The number of benzene rings is 2. The van der Waals surface area contributed by atoms with Gasteiger partial charge in [0.15, 0.2) is 0 Å². The number of carbonyl (C=O) groups excluding carboxylic acids is 1. The van der Waals surface area contributed by atoms with Gasteiger partial charge in [0.05, 0.1) is 19.3 Å². The van der Waals surface area contributed by atoms with Gasteiger partial charge in [-0.15, -0.1) is 0 Å². The first-order valence-electron chi connectivity index (χ1n) is 7.97. The van der Waals surface area contributed by atoms with Crippen molar-refractivity contribution in [3.63, 3.8) is 0 Å². The van der Waals surface area contributed by atoms with Gasteiger partial charge in [-0.3, -0.25) is 0 Å². The van der Waals surface area contributed by atoms with Crippen LogP contribution in [0.15, 0.2) is 42.5 Å². The van der Waals surface area contributed by atoms with Gasteiger partial charge in [0.1, 0.15) is 5.75 Å². The molecule has 3 aromatic rings. The Morgan fingerprint density at radius 3 is 2.46 bits per heavy atom. The summed E-state index contributed by atoms with van der Waals surface area (Å²) in [6, 6.07) is 13.6. The number of ether oxygens (including phenoxy) is 2. The fourth-order valence-electron chi connectivity index (χ4n) is 3.03. The highest BCUT2D eigenvalue weighted by Gasteiger charge is 2.15. The molecule has 3 rings (SSSR count). The van der Waals surface area contributed by atoms with Crippen LogP contribution in [-0.4, -0.2) is 24.3 Å². The van der Waals surface area contributed by atoms with Crippen LogP contribution < -0.4 is 4.74 Å². The molecule has 0 aliphatic heterocycles. The van der Waals surface area contributed by atoms with Gasteiger partial charge in [0.2, 0.25) is 0 Å². The van der Waals surface area contributed by atoms with Gasteiger partial charge in [-0.05, 0) is 49.7 Å². The van der Waals surface area contributed by atoms with Crippen molar-refractivity contribution in [1.29, 1.82) is 0 Å². The molecule has 0 aliphatic rings. The molecule has 0 fully saturated rings. The van der Waals surface area contributed by atoms with Crippen molar-refractivity contribution >= 4 is 16.9 Å². The highest BCUT2D eigenvalue weighted by Crippen LogP contribution is 2.36. The van der Waals surface area contributed by atoms with Crippen LogP contribution in [0.1, 0.15) is 23.0 Å². The molecule has 24 heavy (non-hydrogen) atoms. The van der Waals surface area contributed by atoms with Crippen molar-refractivity contribution in [3.05, 3.63) is 53.7 Å². The van der Waals surface area contributed by atoms with E-state index in [2.05, 4.69) is 30.7 Å². The maximum absolute atomic E-state index is 11.8. The molecule has 0 N–H and O–H groups in total. The van der Waals surface area contributed by atoms with Crippen LogP contribution in [0.3, 0.4) is 0 Å². The van der Waals surface area contributed by atoms with Gasteiger partial charge in [0.25, 0.3) is 0 Å². The van der Waals surface area contributed by atoms with Gasteiger partial charge in [0, 0.05) is 29.2 Å². The molecule has 0 saturated carbocycles. The van der Waals surface area contributed by atoms with Crippen LogP contribution in [0, 0.1) is 6.92 Å². The summed E-state index contributed by atoms with van der Waals surface area (Å²) in [5.41, 5.74) is 5.11. The van der Waals surface area contributed by atoms with E-state index in [0.717, 1.165) is 27.8 Å². The first-order chi connectivity index (χ1) is 11.6. The average molecular weight is 323 g/mol. The Morgan fingerprint density at radius 1 is 1.12 bits per heavy atom. The lowest BCUT2D eigenvalue weighted by Gasteiger charge is -2.06. The fourth-order valence-corrected chi connectivity index (χ4v) is 3.03. The molecule has 124 valence electrons. The molecular weight excluding hydrogens is 302 g/mol. The van der Waals surface area contributed by atoms with Crippen LogP contribution >= 0.6 is 0 Å². The zero-order valence-corrected chi connectivity index (χ0v) is 14.4. The summed E-state index contributed by atoms with van der Waals surface area (Å²) in [5.74, 6) is 0.540. The summed E-state index contributed by atoms with van der Waals surface area (Å²) in [7, 11) is 3.73. The van der Waals surface area contributed by atoms with Crippen LogP contribution in [0.4, 0.5) is 0 Å². The van der Waals surface area contributed by atoms with E-state index in [9.17, 15) is 4.79 Å². The molecule has 0 saturated heterocycles. The van der Waals surface area contributed by atoms with E-state index < -0.39 is 0 Å². The molecule has 1 aromatic heterocycles. The predicted molar refractivity (Wildman–Crippen MR) is 95.6 cm³/mol. The van der Waals surface area contributed by atoms with Crippen LogP contribution in [0.25, 0.3) is 22.0 Å². The van der Waals surface area contributed by atoms with E-state index in [-0.39, 0.29) is 5.97 Å². The number of esters is 1. The lowest BCUT2D eigenvalue weighted by molar-refractivity contribution is 0.0526. The molecule has 4 heteroatoms. The first-order valence-corrected chi connectivity index (χ1v) is 7.97. The van der Waals surface area contributed by atoms with Crippen molar-refractivity contribution in [2.24, 2.45) is 7.05 Å². The molecule has 0 spiro atoms. The largest absolute Gasteiger partial charge is 0.497 e.